The van der Waals surface area contributed by atoms with E-state index in [1.165, 1.54) is 23.3 Å². The number of thiophene rings is 1. The third kappa shape index (κ3) is 2.62. The molecule has 0 saturated heterocycles. The molecule has 3 rings (SSSR count). The van der Waals surface area contributed by atoms with Crippen molar-refractivity contribution in [2.45, 2.75) is 20.8 Å². The highest BCUT2D eigenvalue weighted by Gasteiger charge is 2.14. The molecular formula is C16H16FN3OS. The number of nitrogens with zero attached hydrogens (tertiary/aromatic N) is 2. The van der Waals surface area contributed by atoms with Gasteiger partial charge in [-0.05, 0) is 38.5 Å². The van der Waals surface area contributed by atoms with Gasteiger partial charge < -0.3 is 10.1 Å². The van der Waals surface area contributed by atoms with E-state index in [9.17, 15) is 4.39 Å². The van der Waals surface area contributed by atoms with Crippen molar-refractivity contribution in [1.82, 2.24) is 9.97 Å². The molecule has 0 aliphatic carbocycles. The number of hydrogen-bond donors (Lipinski definition) is 1. The van der Waals surface area contributed by atoms with Crippen LogP contribution >= 0.6 is 11.3 Å². The second-order valence-corrected chi connectivity index (χ2v) is 6.09. The van der Waals surface area contributed by atoms with E-state index in [1.807, 2.05) is 6.92 Å². The van der Waals surface area contributed by atoms with E-state index in [-0.39, 0.29) is 5.82 Å². The fourth-order valence-corrected chi connectivity index (χ4v) is 3.28. The Morgan fingerprint density at radius 2 is 2.09 bits per heavy atom. The quantitative estimate of drug-likeness (QED) is 0.764. The summed E-state index contributed by atoms with van der Waals surface area (Å²) >= 11 is 1.64. The molecule has 2 heterocycles. The lowest BCUT2D eigenvalue weighted by atomic mass is 10.2. The summed E-state index contributed by atoms with van der Waals surface area (Å²) in [5.41, 5.74) is 1.84. The lowest BCUT2D eigenvalue weighted by Crippen LogP contribution is -2.00. The predicted molar refractivity (Wildman–Crippen MR) is 87.7 cm³/mol. The molecule has 0 spiro atoms. The molecule has 0 amide bonds. The number of aryl methyl sites for hydroxylation is 2. The highest BCUT2D eigenvalue weighted by molar-refractivity contribution is 7.18. The Bertz CT molecular complexity index is 832. The van der Waals surface area contributed by atoms with Crippen molar-refractivity contribution in [1.29, 1.82) is 0 Å². The standard InChI is InChI=1S/C16H16FN3OS/c1-4-21-13-7-11(17)5-6-12(13)20-15-14-9(2)10(3)22-16(14)19-8-18-15/h5-8H,4H2,1-3H3,(H,18,19,20). The van der Waals surface area contributed by atoms with Gasteiger partial charge in [0.25, 0.3) is 0 Å². The molecule has 0 aliphatic rings. The summed E-state index contributed by atoms with van der Waals surface area (Å²) in [6.07, 6.45) is 1.53. The molecular weight excluding hydrogens is 301 g/mol. The molecule has 0 fully saturated rings. The molecule has 1 N–H and O–H groups in total. The number of ether oxygens (including phenoxy) is 1. The van der Waals surface area contributed by atoms with Gasteiger partial charge in [0.05, 0.1) is 17.7 Å². The third-order valence-electron chi connectivity index (χ3n) is 3.46. The highest BCUT2D eigenvalue weighted by Crippen LogP contribution is 2.35. The second kappa shape index (κ2) is 5.88. The van der Waals surface area contributed by atoms with E-state index in [1.54, 1.807) is 17.4 Å². The zero-order valence-corrected chi connectivity index (χ0v) is 13.4. The Balaban J connectivity index is 2.07. The molecule has 6 heteroatoms. The average Bonchev–Trinajstić information content (AvgIpc) is 2.78. The van der Waals surface area contributed by atoms with E-state index < -0.39 is 0 Å². The maximum atomic E-state index is 13.4. The zero-order valence-electron chi connectivity index (χ0n) is 12.6. The number of halogens is 1. The highest BCUT2D eigenvalue weighted by atomic mass is 32.1. The van der Waals surface area contributed by atoms with Crippen LogP contribution < -0.4 is 10.1 Å². The minimum absolute atomic E-state index is 0.329. The minimum atomic E-state index is -0.329. The number of fused-ring (bicyclic) bond motifs is 1. The SMILES string of the molecule is CCOc1cc(F)ccc1Nc1ncnc2sc(C)c(C)c12. The predicted octanol–water partition coefficient (Wildman–Crippen LogP) is 4.59. The van der Waals surface area contributed by atoms with Crippen LogP contribution in [0.1, 0.15) is 17.4 Å². The molecule has 0 atom stereocenters. The Kier molecular flexibility index (Phi) is 3.94. The van der Waals surface area contributed by atoms with Crippen LogP contribution in [0.2, 0.25) is 0 Å². The molecule has 0 bridgehead atoms. The van der Waals surface area contributed by atoms with Gasteiger partial charge >= 0.3 is 0 Å². The summed E-state index contributed by atoms with van der Waals surface area (Å²) in [6.45, 7) is 6.45. The monoisotopic (exact) mass is 317 g/mol. The summed E-state index contributed by atoms with van der Waals surface area (Å²) in [4.78, 5) is 10.8. The van der Waals surface area contributed by atoms with Crippen LogP contribution in [-0.2, 0) is 0 Å². The van der Waals surface area contributed by atoms with Crippen molar-refractivity contribution in [3.63, 3.8) is 0 Å². The second-order valence-electron chi connectivity index (χ2n) is 4.88. The average molecular weight is 317 g/mol. The van der Waals surface area contributed by atoms with Gasteiger partial charge in [-0.25, -0.2) is 14.4 Å². The summed E-state index contributed by atoms with van der Waals surface area (Å²) in [7, 11) is 0. The van der Waals surface area contributed by atoms with Gasteiger partial charge in [0.15, 0.2) is 0 Å². The summed E-state index contributed by atoms with van der Waals surface area (Å²) < 4.78 is 18.9. The van der Waals surface area contributed by atoms with Crippen molar-refractivity contribution in [2.24, 2.45) is 0 Å². The summed E-state index contributed by atoms with van der Waals surface area (Å²) in [6, 6.07) is 4.42. The maximum absolute atomic E-state index is 13.4. The lowest BCUT2D eigenvalue weighted by molar-refractivity contribution is 0.340. The normalized spacial score (nSPS) is 10.9. The zero-order chi connectivity index (χ0) is 15.7. The van der Waals surface area contributed by atoms with Crippen LogP contribution in [0.3, 0.4) is 0 Å². The smallest absolute Gasteiger partial charge is 0.145 e. The number of rotatable bonds is 4. The fraction of sp³-hybridized carbons (Fsp3) is 0.250. The van der Waals surface area contributed by atoms with E-state index >= 15 is 0 Å². The van der Waals surface area contributed by atoms with Gasteiger partial charge in [-0.2, -0.15) is 0 Å². The van der Waals surface area contributed by atoms with Crippen LogP contribution in [0, 0.1) is 19.7 Å². The summed E-state index contributed by atoms with van der Waals surface area (Å²) in [5, 5.41) is 4.24. The Morgan fingerprint density at radius 1 is 1.27 bits per heavy atom. The van der Waals surface area contributed by atoms with Crippen LogP contribution in [0.15, 0.2) is 24.5 Å². The Hall–Kier alpha value is -2.21. The largest absolute Gasteiger partial charge is 0.492 e. The van der Waals surface area contributed by atoms with E-state index in [2.05, 4.69) is 29.1 Å². The molecule has 1 aromatic carbocycles. The van der Waals surface area contributed by atoms with Crippen molar-refractivity contribution in [2.75, 3.05) is 11.9 Å². The number of hydrogen-bond acceptors (Lipinski definition) is 5. The molecule has 3 aromatic rings. The van der Waals surface area contributed by atoms with Crippen molar-refractivity contribution in [3.8, 4) is 5.75 Å². The van der Waals surface area contributed by atoms with Crippen LogP contribution in [-0.4, -0.2) is 16.6 Å². The molecule has 0 saturated carbocycles. The van der Waals surface area contributed by atoms with Gasteiger partial charge in [0.2, 0.25) is 0 Å². The van der Waals surface area contributed by atoms with Gasteiger partial charge in [0.1, 0.15) is 28.5 Å². The van der Waals surface area contributed by atoms with Crippen molar-refractivity contribution in [3.05, 3.63) is 40.8 Å². The topological polar surface area (TPSA) is 47.0 Å². The first kappa shape index (κ1) is 14.7. The fourth-order valence-electron chi connectivity index (χ4n) is 2.28. The maximum Gasteiger partial charge on any atom is 0.145 e. The molecule has 114 valence electrons. The molecule has 4 nitrogen and oxygen atoms in total. The number of anilines is 2. The first-order chi connectivity index (χ1) is 10.6. The first-order valence-electron chi connectivity index (χ1n) is 7.00. The summed E-state index contributed by atoms with van der Waals surface area (Å²) in [5.74, 6) is 0.850. The Morgan fingerprint density at radius 3 is 2.86 bits per heavy atom. The van der Waals surface area contributed by atoms with Gasteiger partial charge in [-0.3, -0.25) is 0 Å². The minimum Gasteiger partial charge on any atom is -0.492 e. The third-order valence-corrected chi connectivity index (χ3v) is 4.58. The molecule has 22 heavy (non-hydrogen) atoms. The van der Waals surface area contributed by atoms with E-state index in [0.29, 0.717) is 23.9 Å². The van der Waals surface area contributed by atoms with E-state index in [4.69, 9.17) is 4.74 Å². The van der Waals surface area contributed by atoms with Gasteiger partial charge in [-0.1, -0.05) is 0 Å². The molecule has 0 radical (unpaired) electrons. The van der Waals surface area contributed by atoms with E-state index in [0.717, 1.165) is 15.8 Å². The van der Waals surface area contributed by atoms with Gasteiger partial charge in [0, 0.05) is 10.9 Å². The van der Waals surface area contributed by atoms with Crippen LogP contribution in [0.25, 0.3) is 10.2 Å². The lowest BCUT2D eigenvalue weighted by Gasteiger charge is -2.12. The first-order valence-corrected chi connectivity index (χ1v) is 7.82. The number of benzene rings is 1. The van der Waals surface area contributed by atoms with Gasteiger partial charge in [-0.15, -0.1) is 11.3 Å². The molecule has 0 unspecified atom stereocenters. The number of aromatic nitrogens is 2. The van der Waals surface area contributed by atoms with Crippen molar-refractivity contribution < 1.29 is 9.13 Å². The molecule has 2 aromatic heterocycles. The molecule has 0 aliphatic heterocycles. The Labute approximate surface area is 132 Å². The van der Waals surface area contributed by atoms with Crippen molar-refractivity contribution >= 4 is 33.1 Å². The number of nitrogens with one attached hydrogen (secondary N) is 1. The van der Waals surface area contributed by atoms with Crippen LogP contribution in [0.5, 0.6) is 5.75 Å². The van der Waals surface area contributed by atoms with Crippen LogP contribution in [0.4, 0.5) is 15.9 Å².